The van der Waals surface area contributed by atoms with Gasteiger partial charge in [0, 0.05) is 5.56 Å². The normalized spacial score (nSPS) is 9.81. The van der Waals surface area contributed by atoms with Gasteiger partial charge in [-0.1, -0.05) is 42.2 Å². The van der Waals surface area contributed by atoms with Gasteiger partial charge in [-0.2, -0.15) is 0 Å². The van der Waals surface area contributed by atoms with Crippen LogP contribution in [0.2, 0.25) is 0 Å². The zero-order valence-electron chi connectivity index (χ0n) is 12.1. The molecule has 3 heteroatoms. The van der Waals surface area contributed by atoms with E-state index in [1.165, 1.54) is 0 Å². The van der Waals surface area contributed by atoms with Gasteiger partial charge in [0.1, 0.15) is 5.75 Å². The molecule has 2 N–H and O–H groups in total. The lowest BCUT2D eigenvalue weighted by Gasteiger charge is -2.08. The lowest BCUT2D eigenvalue weighted by atomic mass is 10.1. The molecule has 2 aromatic rings. The predicted molar refractivity (Wildman–Crippen MR) is 83.8 cm³/mol. The molecule has 108 valence electrons. The second-order valence-corrected chi connectivity index (χ2v) is 4.58. The maximum absolute atomic E-state index is 5.57. The second-order valence-electron chi connectivity index (χ2n) is 4.58. The van der Waals surface area contributed by atoms with Crippen LogP contribution in [-0.2, 0) is 11.3 Å². The molecule has 2 aromatic carbocycles. The Morgan fingerprint density at radius 3 is 2.62 bits per heavy atom. The Hall–Kier alpha value is -2.28. The topological polar surface area (TPSA) is 44.5 Å². The number of hydrogen-bond acceptors (Lipinski definition) is 3. The average Bonchev–Trinajstić information content (AvgIpc) is 2.52. The lowest BCUT2D eigenvalue weighted by molar-refractivity contribution is 0.00502. The SMILES string of the molecule is Cc1cc(OCOCc2ccccc2)ccc1C#CCN. The van der Waals surface area contributed by atoms with Crippen LogP contribution in [0.1, 0.15) is 16.7 Å². The Bertz CT molecular complexity index is 627. The van der Waals surface area contributed by atoms with Crippen LogP contribution in [-0.4, -0.2) is 13.3 Å². The number of benzene rings is 2. The van der Waals surface area contributed by atoms with Gasteiger partial charge in [-0.15, -0.1) is 0 Å². The molecule has 0 saturated heterocycles. The summed E-state index contributed by atoms with van der Waals surface area (Å²) in [7, 11) is 0. The van der Waals surface area contributed by atoms with Gasteiger partial charge >= 0.3 is 0 Å². The molecule has 0 radical (unpaired) electrons. The van der Waals surface area contributed by atoms with Crippen LogP contribution in [0, 0.1) is 18.8 Å². The number of nitrogens with two attached hydrogens (primary N) is 1. The molecule has 0 aliphatic rings. The largest absolute Gasteiger partial charge is 0.468 e. The van der Waals surface area contributed by atoms with Gasteiger partial charge in [0.25, 0.3) is 0 Å². The minimum atomic E-state index is 0.224. The zero-order valence-corrected chi connectivity index (χ0v) is 12.1. The van der Waals surface area contributed by atoms with E-state index in [0.717, 1.165) is 22.4 Å². The molecule has 0 spiro atoms. The van der Waals surface area contributed by atoms with E-state index < -0.39 is 0 Å². The number of aryl methyl sites for hydroxylation is 1. The van der Waals surface area contributed by atoms with E-state index in [4.69, 9.17) is 15.2 Å². The quantitative estimate of drug-likeness (QED) is 0.521. The third-order valence-corrected chi connectivity index (χ3v) is 2.94. The molecular formula is C18H19NO2. The van der Waals surface area contributed by atoms with Crippen LogP contribution in [0.25, 0.3) is 0 Å². The first-order valence-electron chi connectivity index (χ1n) is 6.83. The molecule has 2 rings (SSSR count). The van der Waals surface area contributed by atoms with E-state index >= 15 is 0 Å². The second kappa shape index (κ2) is 8.11. The summed E-state index contributed by atoms with van der Waals surface area (Å²) in [5.41, 5.74) is 8.54. The maximum atomic E-state index is 5.57. The van der Waals surface area contributed by atoms with E-state index in [9.17, 15) is 0 Å². The summed E-state index contributed by atoms with van der Waals surface area (Å²) in [5.74, 6) is 6.65. The molecule has 0 atom stereocenters. The van der Waals surface area contributed by atoms with Crippen molar-refractivity contribution in [2.45, 2.75) is 13.5 Å². The van der Waals surface area contributed by atoms with Crippen LogP contribution >= 0.6 is 0 Å². The Morgan fingerprint density at radius 1 is 1.10 bits per heavy atom. The Morgan fingerprint density at radius 2 is 1.90 bits per heavy atom. The highest BCUT2D eigenvalue weighted by atomic mass is 16.7. The van der Waals surface area contributed by atoms with Crippen molar-refractivity contribution in [1.29, 1.82) is 0 Å². The van der Waals surface area contributed by atoms with Crippen molar-refractivity contribution in [3.63, 3.8) is 0 Å². The minimum Gasteiger partial charge on any atom is -0.468 e. The summed E-state index contributed by atoms with van der Waals surface area (Å²) < 4.78 is 11.1. The van der Waals surface area contributed by atoms with E-state index in [2.05, 4.69) is 11.8 Å². The highest BCUT2D eigenvalue weighted by molar-refractivity contribution is 5.44. The lowest BCUT2D eigenvalue weighted by Crippen LogP contribution is -2.03. The van der Waals surface area contributed by atoms with E-state index in [1.807, 2.05) is 55.5 Å². The maximum Gasteiger partial charge on any atom is 0.189 e. The third-order valence-electron chi connectivity index (χ3n) is 2.94. The summed E-state index contributed by atoms with van der Waals surface area (Å²) >= 11 is 0. The smallest absolute Gasteiger partial charge is 0.189 e. The monoisotopic (exact) mass is 281 g/mol. The molecule has 21 heavy (non-hydrogen) atoms. The van der Waals surface area contributed by atoms with Gasteiger partial charge in [0.2, 0.25) is 0 Å². The van der Waals surface area contributed by atoms with Gasteiger partial charge in [-0.25, -0.2) is 0 Å². The van der Waals surface area contributed by atoms with Crippen LogP contribution in [0.3, 0.4) is 0 Å². The molecule has 0 bridgehead atoms. The van der Waals surface area contributed by atoms with Crippen molar-refractivity contribution in [2.24, 2.45) is 5.73 Å². The zero-order chi connectivity index (χ0) is 14.9. The Kier molecular flexibility index (Phi) is 5.83. The van der Waals surface area contributed by atoms with E-state index in [0.29, 0.717) is 13.2 Å². The van der Waals surface area contributed by atoms with Gasteiger partial charge in [0.05, 0.1) is 13.2 Å². The fourth-order valence-electron chi connectivity index (χ4n) is 1.86. The standard InChI is InChI=1S/C18H19NO2/c1-15-12-18(10-9-17(15)8-5-11-19)21-14-20-13-16-6-3-2-4-7-16/h2-4,6-7,9-10,12H,11,13-14,19H2,1H3. The molecule has 0 fully saturated rings. The summed E-state index contributed by atoms with van der Waals surface area (Å²) in [6.45, 7) is 3.13. The van der Waals surface area contributed by atoms with Gasteiger partial charge < -0.3 is 15.2 Å². The highest BCUT2D eigenvalue weighted by Gasteiger charge is 1.99. The molecule has 0 aliphatic heterocycles. The summed E-state index contributed by atoms with van der Waals surface area (Å²) in [6, 6.07) is 15.8. The van der Waals surface area contributed by atoms with Crippen molar-refractivity contribution in [1.82, 2.24) is 0 Å². The Labute approximate surface area is 125 Å². The molecule has 0 saturated carbocycles. The number of ether oxygens (including phenoxy) is 2. The molecule has 0 aromatic heterocycles. The van der Waals surface area contributed by atoms with Gasteiger partial charge in [-0.3, -0.25) is 0 Å². The average molecular weight is 281 g/mol. The minimum absolute atomic E-state index is 0.224. The molecule has 0 aliphatic carbocycles. The van der Waals surface area contributed by atoms with Crippen LogP contribution < -0.4 is 10.5 Å². The van der Waals surface area contributed by atoms with Gasteiger partial charge in [-0.05, 0) is 36.2 Å². The fourth-order valence-corrected chi connectivity index (χ4v) is 1.86. The van der Waals surface area contributed by atoms with Crippen molar-refractivity contribution >= 4 is 0 Å². The molecule has 0 unspecified atom stereocenters. The molecule has 0 heterocycles. The van der Waals surface area contributed by atoms with Gasteiger partial charge in [0.15, 0.2) is 6.79 Å². The molecular weight excluding hydrogens is 262 g/mol. The van der Waals surface area contributed by atoms with Crippen molar-refractivity contribution in [2.75, 3.05) is 13.3 Å². The summed E-state index contributed by atoms with van der Waals surface area (Å²) in [5, 5.41) is 0. The van der Waals surface area contributed by atoms with Crippen LogP contribution in [0.15, 0.2) is 48.5 Å². The summed E-state index contributed by atoms with van der Waals surface area (Å²) in [4.78, 5) is 0. The summed E-state index contributed by atoms with van der Waals surface area (Å²) in [6.07, 6.45) is 0. The first kappa shape index (κ1) is 15.1. The fraction of sp³-hybridized carbons (Fsp3) is 0.222. The van der Waals surface area contributed by atoms with Crippen LogP contribution in [0.5, 0.6) is 5.75 Å². The van der Waals surface area contributed by atoms with Crippen molar-refractivity contribution in [3.05, 3.63) is 65.2 Å². The van der Waals surface area contributed by atoms with Crippen molar-refractivity contribution < 1.29 is 9.47 Å². The molecule has 3 nitrogen and oxygen atoms in total. The first-order valence-corrected chi connectivity index (χ1v) is 6.83. The number of rotatable bonds is 5. The van der Waals surface area contributed by atoms with Crippen molar-refractivity contribution in [3.8, 4) is 17.6 Å². The number of hydrogen-bond donors (Lipinski definition) is 1. The highest BCUT2D eigenvalue weighted by Crippen LogP contribution is 2.16. The predicted octanol–water partition coefficient (Wildman–Crippen LogP) is 2.86. The third kappa shape index (κ3) is 4.96. The Balaban J connectivity index is 1.82. The van der Waals surface area contributed by atoms with E-state index in [1.54, 1.807) is 0 Å². The van der Waals surface area contributed by atoms with Crippen LogP contribution in [0.4, 0.5) is 0 Å². The van der Waals surface area contributed by atoms with E-state index in [-0.39, 0.29) is 6.79 Å². The molecule has 0 amide bonds. The first-order chi connectivity index (χ1) is 10.3.